The normalized spacial score (nSPS) is 21.5. The van der Waals surface area contributed by atoms with E-state index in [0.29, 0.717) is 61.9 Å². The minimum Gasteiger partial charge on any atom is -0.493 e. The smallest absolute Gasteiger partial charge is 0.339 e. The number of carbonyl (C=O) groups is 2. The summed E-state index contributed by atoms with van der Waals surface area (Å²) in [5, 5.41) is 0. The van der Waals surface area contributed by atoms with Crippen molar-refractivity contribution in [2.45, 2.75) is 36.9 Å². The number of benzene rings is 2. The molecule has 1 fully saturated rings. The van der Waals surface area contributed by atoms with Crippen molar-refractivity contribution in [3.8, 4) is 11.5 Å². The molecule has 2 spiro atoms. The number of nitrogens with zero attached hydrogens (tertiary/aromatic N) is 2. The van der Waals surface area contributed by atoms with Crippen LogP contribution in [0.5, 0.6) is 11.5 Å². The molecule has 3 heterocycles. The summed E-state index contributed by atoms with van der Waals surface area (Å²) in [5.41, 5.74) is 1.97. The van der Waals surface area contributed by atoms with Crippen LogP contribution in [0.1, 0.15) is 39.9 Å². The first-order valence-electron chi connectivity index (χ1n) is 11.1. The summed E-state index contributed by atoms with van der Waals surface area (Å²) in [7, 11) is 3.19. The maximum absolute atomic E-state index is 13.0. The molecule has 0 saturated carbocycles. The number of piperidine rings is 1. The van der Waals surface area contributed by atoms with Crippen molar-refractivity contribution in [3.05, 3.63) is 58.7 Å². The number of hydrogen-bond acceptors (Lipinski definition) is 7. The van der Waals surface area contributed by atoms with Crippen LogP contribution in [0, 0.1) is 0 Å². The molecule has 1 saturated heterocycles. The van der Waals surface area contributed by atoms with Gasteiger partial charge in [-0.05, 0) is 29.3 Å². The Kier molecular flexibility index (Phi) is 4.24. The Morgan fingerprint density at radius 3 is 2.18 bits per heavy atom. The first-order chi connectivity index (χ1) is 16.0. The predicted octanol–water partition coefficient (Wildman–Crippen LogP) is 2.62. The van der Waals surface area contributed by atoms with Gasteiger partial charge < -0.3 is 23.8 Å². The largest absolute Gasteiger partial charge is 0.493 e. The molecule has 33 heavy (non-hydrogen) atoms. The zero-order chi connectivity index (χ0) is 22.8. The average molecular weight is 448 g/mol. The topological polar surface area (TPSA) is 86.7 Å². The number of amidine groups is 1. The van der Waals surface area contributed by atoms with E-state index in [9.17, 15) is 9.59 Å². The predicted molar refractivity (Wildman–Crippen MR) is 118 cm³/mol. The van der Waals surface area contributed by atoms with Gasteiger partial charge in [-0.15, -0.1) is 0 Å². The minimum atomic E-state index is -1.02. The lowest BCUT2D eigenvalue weighted by atomic mass is 9.84. The highest BCUT2D eigenvalue weighted by Crippen LogP contribution is 2.46. The minimum absolute atomic E-state index is 0.260. The molecule has 1 aliphatic carbocycles. The Balaban J connectivity index is 1.19. The van der Waals surface area contributed by atoms with Crippen LogP contribution < -0.4 is 9.47 Å². The second kappa shape index (κ2) is 6.97. The summed E-state index contributed by atoms with van der Waals surface area (Å²) >= 11 is 0. The van der Waals surface area contributed by atoms with E-state index in [1.165, 1.54) is 0 Å². The van der Waals surface area contributed by atoms with Crippen molar-refractivity contribution >= 4 is 17.9 Å². The molecular weight excluding hydrogens is 424 g/mol. The van der Waals surface area contributed by atoms with Gasteiger partial charge in [0.15, 0.2) is 11.5 Å². The number of carbonyl (C=O) groups excluding carboxylic acids is 2. The summed E-state index contributed by atoms with van der Waals surface area (Å²) in [6.45, 7) is 1.16. The van der Waals surface area contributed by atoms with E-state index in [-0.39, 0.29) is 11.9 Å². The first kappa shape index (κ1) is 20.1. The molecule has 0 N–H and O–H groups in total. The van der Waals surface area contributed by atoms with Gasteiger partial charge in [0.05, 0.1) is 19.8 Å². The van der Waals surface area contributed by atoms with E-state index in [4.69, 9.17) is 18.9 Å². The molecule has 1 amide bonds. The van der Waals surface area contributed by atoms with Gasteiger partial charge in [-0.1, -0.05) is 18.2 Å². The standard InChI is InChI=1S/C25H24N2O6/c1-30-19-11-15-13-25(14-16(15)12-20(19)31-2)22(29)26-23(33-25)27-9-7-24(8-10-27)18-6-4-3-5-17(18)21(28)32-24/h3-6,11-12H,7-10,13-14H2,1-2H3. The fourth-order valence-electron chi connectivity index (χ4n) is 5.54. The summed E-state index contributed by atoms with van der Waals surface area (Å²) in [6, 6.07) is 11.7. The van der Waals surface area contributed by atoms with Crippen LogP contribution in [0.2, 0.25) is 0 Å². The molecule has 0 aromatic heterocycles. The van der Waals surface area contributed by atoms with Crippen molar-refractivity contribution in [1.29, 1.82) is 0 Å². The van der Waals surface area contributed by atoms with E-state index >= 15 is 0 Å². The fourth-order valence-corrected chi connectivity index (χ4v) is 5.54. The highest BCUT2D eigenvalue weighted by molar-refractivity contribution is 6.02. The van der Waals surface area contributed by atoms with Gasteiger partial charge in [-0.2, -0.15) is 4.99 Å². The van der Waals surface area contributed by atoms with E-state index in [2.05, 4.69) is 4.99 Å². The number of esters is 1. The van der Waals surface area contributed by atoms with Gasteiger partial charge in [-0.3, -0.25) is 4.79 Å². The van der Waals surface area contributed by atoms with Gasteiger partial charge in [0.2, 0.25) is 5.60 Å². The molecule has 3 aliphatic heterocycles. The number of likely N-dealkylation sites (tertiary alicyclic amines) is 1. The maximum atomic E-state index is 13.0. The van der Waals surface area contributed by atoms with Crippen LogP contribution >= 0.6 is 0 Å². The third kappa shape index (κ3) is 2.86. The lowest BCUT2D eigenvalue weighted by Crippen LogP contribution is -2.47. The van der Waals surface area contributed by atoms with Crippen molar-refractivity contribution in [2.75, 3.05) is 27.3 Å². The Labute approximate surface area is 191 Å². The number of fused-ring (bicyclic) bond motifs is 3. The van der Waals surface area contributed by atoms with Crippen molar-refractivity contribution in [2.24, 2.45) is 4.99 Å². The van der Waals surface area contributed by atoms with E-state index < -0.39 is 11.2 Å². The van der Waals surface area contributed by atoms with Crippen LogP contribution in [0.4, 0.5) is 0 Å². The highest BCUT2D eigenvalue weighted by atomic mass is 16.6. The Morgan fingerprint density at radius 2 is 1.55 bits per heavy atom. The van der Waals surface area contributed by atoms with Crippen LogP contribution in [0.15, 0.2) is 41.4 Å². The molecule has 0 radical (unpaired) electrons. The van der Waals surface area contributed by atoms with Crippen LogP contribution in [0.25, 0.3) is 0 Å². The van der Waals surface area contributed by atoms with Gasteiger partial charge in [-0.25, -0.2) is 4.79 Å². The van der Waals surface area contributed by atoms with Crippen molar-refractivity contribution in [3.63, 3.8) is 0 Å². The molecular formula is C25H24N2O6. The van der Waals surface area contributed by atoms with Crippen molar-refractivity contribution in [1.82, 2.24) is 4.90 Å². The second-order valence-corrected chi connectivity index (χ2v) is 9.04. The summed E-state index contributed by atoms with van der Waals surface area (Å²) in [4.78, 5) is 31.6. The molecule has 170 valence electrons. The van der Waals surface area contributed by atoms with Gasteiger partial charge >= 0.3 is 5.97 Å². The third-order valence-corrected chi connectivity index (χ3v) is 7.30. The number of methoxy groups -OCH3 is 2. The molecule has 0 atom stereocenters. The maximum Gasteiger partial charge on any atom is 0.339 e. The SMILES string of the molecule is COc1cc2c(cc1OC)CC1(C2)OC(N2CCC3(CC2)OC(=O)c2ccccc23)=NC1=O. The zero-order valence-electron chi connectivity index (χ0n) is 18.6. The highest BCUT2D eigenvalue weighted by Gasteiger charge is 2.54. The molecule has 8 nitrogen and oxygen atoms in total. The molecule has 0 unspecified atom stereocenters. The number of ether oxygens (including phenoxy) is 4. The van der Waals surface area contributed by atoms with E-state index in [0.717, 1.165) is 16.7 Å². The molecule has 4 aliphatic rings. The number of amides is 1. The molecule has 0 bridgehead atoms. The summed E-state index contributed by atoms with van der Waals surface area (Å²) in [5.74, 6) is 0.738. The molecule has 2 aromatic carbocycles. The second-order valence-electron chi connectivity index (χ2n) is 9.04. The van der Waals surface area contributed by atoms with E-state index in [1.807, 2.05) is 41.3 Å². The summed E-state index contributed by atoms with van der Waals surface area (Å²) in [6.07, 6.45) is 2.12. The molecule has 2 aromatic rings. The third-order valence-electron chi connectivity index (χ3n) is 7.30. The lowest BCUT2D eigenvalue weighted by Gasteiger charge is -2.39. The van der Waals surface area contributed by atoms with Crippen molar-refractivity contribution < 1.29 is 28.5 Å². The number of hydrogen-bond donors (Lipinski definition) is 0. The lowest BCUT2D eigenvalue weighted by molar-refractivity contribution is -0.130. The quantitative estimate of drug-likeness (QED) is 0.653. The van der Waals surface area contributed by atoms with Gasteiger partial charge in [0.1, 0.15) is 5.60 Å². The molecule has 6 rings (SSSR count). The van der Waals surface area contributed by atoms with E-state index in [1.54, 1.807) is 14.2 Å². The van der Waals surface area contributed by atoms with Crippen LogP contribution in [-0.4, -0.2) is 55.7 Å². The number of aliphatic imine (C=N–C) groups is 1. The fraction of sp³-hybridized carbons (Fsp3) is 0.400. The summed E-state index contributed by atoms with van der Waals surface area (Å²) < 4.78 is 22.9. The Bertz CT molecular complexity index is 1180. The first-order valence-corrected chi connectivity index (χ1v) is 11.1. The van der Waals surface area contributed by atoms with Gasteiger partial charge in [0.25, 0.3) is 11.9 Å². The Morgan fingerprint density at radius 1 is 0.909 bits per heavy atom. The van der Waals surface area contributed by atoms with Gasteiger partial charge in [0, 0.05) is 44.3 Å². The van der Waals surface area contributed by atoms with Crippen LogP contribution in [0.3, 0.4) is 0 Å². The monoisotopic (exact) mass is 448 g/mol. The zero-order valence-corrected chi connectivity index (χ0v) is 18.6. The van der Waals surface area contributed by atoms with Crippen LogP contribution in [-0.2, 0) is 32.7 Å². The molecule has 8 heteroatoms. The Hall–Kier alpha value is -3.55. The number of rotatable bonds is 2. The average Bonchev–Trinajstić information content (AvgIpc) is 3.45.